The minimum atomic E-state index is -0.370. The van der Waals surface area contributed by atoms with E-state index in [9.17, 15) is 14.9 Å². The molecule has 1 saturated heterocycles. The van der Waals surface area contributed by atoms with Gasteiger partial charge in [0.1, 0.15) is 11.6 Å². The number of nitriles is 1. The zero-order chi connectivity index (χ0) is 17.4. The lowest BCUT2D eigenvalue weighted by molar-refractivity contribution is -0.123. The number of rotatable bonds is 6. The summed E-state index contributed by atoms with van der Waals surface area (Å²) in [4.78, 5) is 25.2. The second-order valence-corrected chi connectivity index (χ2v) is 5.86. The fraction of sp³-hybridized carbons (Fsp3) is 0.389. The number of amides is 2. The Bertz CT molecular complexity index is 641. The number of nitrogens with one attached hydrogen (secondary N) is 1. The molecule has 1 aromatic rings. The molecule has 0 radical (unpaired) electrons. The standard InChI is InChI=1S/C18H22N4O2/c19-12-16(13-22-10-7-15(8-11-22)17(20)23)18(24)21-9-6-14-4-2-1-3-5-14/h1-5,13,15H,6-11H2,(H2,20,23)(H,21,24)/b16-13+. The predicted octanol–water partition coefficient (Wildman–Crippen LogP) is 0.950. The van der Waals surface area contributed by atoms with Crippen molar-refractivity contribution in [3.05, 3.63) is 47.7 Å². The van der Waals surface area contributed by atoms with Crippen molar-refractivity contribution in [1.82, 2.24) is 10.2 Å². The SMILES string of the molecule is N#C/C(=C\N1CCC(C(N)=O)CC1)C(=O)NCCc1ccccc1. The molecule has 0 spiro atoms. The first-order valence-electron chi connectivity index (χ1n) is 8.07. The van der Waals surface area contributed by atoms with Crippen LogP contribution in [-0.2, 0) is 16.0 Å². The summed E-state index contributed by atoms with van der Waals surface area (Å²) in [6, 6.07) is 11.8. The summed E-state index contributed by atoms with van der Waals surface area (Å²) in [6.45, 7) is 1.72. The first-order valence-corrected chi connectivity index (χ1v) is 8.07. The molecule has 6 heteroatoms. The number of nitrogens with zero attached hydrogens (tertiary/aromatic N) is 2. The van der Waals surface area contributed by atoms with Crippen molar-refractivity contribution in [1.29, 1.82) is 5.26 Å². The Morgan fingerprint density at radius 2 is 1.96 bits per heavy atom. The van der Waals surface area contributed by atoms with Gasteiger partial charge in [-0.25, -0.2) is 0 Å². The van der Waals surface area contributed by atoms with E-state index in [0.717, 1.165) is 12.0 Å². The summed E-state index contributed by atoms with van der Waals surface area (Å²) in [5.41, 5.74) is 6.52. The van der Waals surface area contributed by atoms with Crippen LogP contribution in [0.25, 0.3) is 0 Å². The molecule has 1 aliphatic rings. The normalized spacial score (nSPS) is 15.6. The van der Waals surface area contributed by atoms with Gasteiger partial charge >= 0.3 is 0 Å². The molecule has 0 aromatic heterocycles. The van der Waals surface area contributed by atoms with Gasteiger partial charge in [0, 0.05) is 31.8 Å². The zero-order valence-electron chi connectivity index (χ0n) is 13.6. The number of benzene rings is 1. The summed E-state index contributed by atoms with van der Waals surface area (Å²) in [5.74, 6) is -0.761. The molecular weight excluding hydrogens is 304 g/mol. The Morgan fingerprint density at radius 1 is 1.29 bits per heavy atom. The van der Waals surface area contributed by atoms with E-state index in [2.05, 4.69) is 5.32 Å². The van der Waals surface area contributed by atoms with Gasteiger partial charge in [-0.05, 0) is 24.8 Å². The van der Waals surface area contributed by atoms with Crippen molar-refractivity contribution in [3.63, 3.8) is 0 Å². The average Bonchev–Trinajstić information content (AvgIpc) is 2.60. The van der Waals surface area contributed by atoms with Crippen LogP contribution < -0.4 is 11.1 Å². The molecule has 24 heavy (non-hydrogen) atoms. The van der Waals surface area contributed by atoms with Crippen LogP contribution in [0, 0.1) is 17.2 Å². The Morgan fingerprint density at radius 3 is 2.54 bits per heavy atom. The third-order valence-corrected chi connectivity index (χ3v) is 4.15. The molecule has 3 N–H and O–H groups in total. The number of piperidine rings is 1. The van der Waals surface area contributed by atoms with Crippen LogP contribution in [0.1, 0.15) is 18.4 Å². The average molecular weight is 326 g/mol. The smallest absolute Gasteiger partial charge is 0.263 e. The number of nitrogens with two attached hydrogens (primary N) is 1. The number of primary amides is 1. The Balaban J connectivity index is 1.83. The van der Waals surface area contributed by atoms with Crippen molar-refractivity contribution < 1.29 is 9.59 Å². The molecule has 2 rings (SSSR count). The van der Waals surface area contributed by atoms with Crippen LogP contribution in [-0.4, -0.2) is 36.3 Å². The zero-order valence-corrected chi connectivity index (χ0v) is 13.6. The van der Waals surface area contributed by atoms with Crippen LogP contribution in [0.5, 0.6) is 0 Å². The van der Waals surface area contributed by atoms with Gasteiger partial charge in [-0.3, -0.25) is 9.59 Å². The number of carbonyl (C=O) groups excluding carboxylic acids is 2. The molecule has 1 fully saturated rings. The van der Waals surface area contributed by atoms with Crippen LogP contribution in [0.2, 0.25) is 0 Å². The number of likely N-dealkylation sites (tertiary alicyclic amines) is 1. The van der Waals surface area contributed by atoms with Gasteiger partial charge in [-0.2, -0.15) is 5.26 Å². The van der Waals surface area contributed by atoms with Gasteiger partial charge in [-0.15, -0.1) is 0 Å². The molecule has 0 bridgehead atoms. The monoisotopic (exact) mass is 326 g/mol. The fourth-order valence-electron chi connectivity index (χ4n) is 2.69. The summed E-state index contributed by atoms with van der Waals surface area (Å²) in [7, 11) is 0. The van der Waals surface area contributed by atoms with Gasteiger partial charge in [0.25, 0.3) is 5.91 Å². The Hall–Kier alpha value is -2.81. The second kappa shape index (κ2) is 8.73. The maximum Gasteiger partial charge on any atom is 0.263 e. The highest BCUT2D eigenvalue weighted by molar-refractivity contribution is 5.97. The highest BCUT2D eigenvalue weighted by atomic mass is 16.2. The third kappa shape index (κ3) is 5.13. The maximum atomic E-state index is 12.1. The topological polar surface area (TPSA) is 99.2 Å². The van der Waals surface area contributed by atoms with Gasteiger partial charge < -0.3 is 16.0 Å². The molecule has 126 valence electrons. The third-order valence-electron chi connectivity index (χ3n) is 4.15. The minimum Gasteiger partial charge on any atom is -0.376 e. The van der Waals surface area contributed by atoms with Gasteiger partial charge in [0.05, 0.1) is 0 Å². The van der Waals surface area contributed by atoms with E-state index < -0.39 is 0 Å². The Kier molecular flexibility index (Phi) is 6.38. The number of carbonyl (C=O) groups is 2. The Labute approximate surface area is 141 Å². The molecule has 0 atom stereocenters. The van der Waals surface area contributed by atoms with Crippen LogP contribution in [0.15, 0.2) is 42.1 Å². The molecule has 1 aromatic carbocycles. The van der Waals surface area contributed by atoms with Crippen LogP contribution in [0.4, 0.5) is 0 Å². The lowest BCUT2D eigenvalue weighted by atomic mass is 9.96. The summed E-state index contributed by atoms with van der Waals surface area (Å²) in [5, 5.41) is 12.0. The molecular formula is C18H22N4O2. The van der Waals surface area contributed by atoms with E-state index >= 15 is 0 Å². The molecule has 6 nitrogen and oxygen atoms in total. The summed E-state index contributed by atoms with van der Waals surface area (Å²) in [6.07, 6.45) is 3.60. The quantitative estimate of drug-likeness (QED) is 0.600. The molecule has 2 amide bonds. The summed E-state index contributed by atoms with van der Waals surface area (Å²) >= 11 is 0. The van der Waals surface area contributed by atoms with Crippen molar-refractivity contribution in [2.24, 2.45) is 11.7 Å². The number of hydrogen-bond donors (Lipinski definition) is 2. The second-order valence-electron chi connectivity index (χ2n) is 5.86. The minimum absolute atomic E-state index is 0.0839. The molecule has 0 aliphatic carbocycles. The van der Waals surface area contributed by atoms with E-state index in [1.807, 2.05) is 41.3 Å². The maximum absolute atomic E-state index is 12.1. The van der Waals surface area contributed by atoms with Crippen molar-refractivity contribution in [2.45, 2.75) is 19.3 Å². The fourth-order valence-corrected chi connectivity index (χ4v) is 2.69. The first-order chi connectivity index (χ1) is 11.6. The predicted molar refractivity (Wildman–Crippen MR) is 90.3 cm³/mol. The van der Waals surface area contributed by atoms with Gasteiger partial charge in [0.15, 0.2) is 0 Å². The van der Waals surface area contributed by atoms with Gasteiger partial charge in [0.2, 0.25) is 5.91 Å². The highest BCUT2D eigenvalue weighted by Crippen LogP contribution is 2.17. The largest absolute Gasteiger partial charge is 0.376 e. The van der Waals surface area contributed by atoms with Gasteiger partial charge in [-0.1, -0.05) is 30.3 Å². The molecule has 1 aliphatic heterocycles. The van der Waals surface area contributed by atoms with E-state index in [1.54, 1.807) is 6.20 Å². The summed E-state index contributed by atoms with van der Waals surface area (Å²) < 4.78 is 0. The van der Waals surface area contributed by atoms with Crippen molar-refractivity contribution in [2.75, 3.05) is 19.6 Å². The highest BCUT2D eigenvalue weighted by Gasteiger charge is 2.22. The van der Waals surface area contributed by atoms with E-state index in [-0.39, 0.29) is 23.3 Å². The number of hydrogen-bond acceptors (Lipinski definition) is 4. The van der Waals surface area contributed by atoms with Crippen LogP contribution >= 0.6 is 0 Å². The lowest BCUT2D eigenvalue weighted by Gasteiger charge is -2.29. The van der Waals surface area contributed by atoms with Crippen molar-refractivity contribution >= 4 is 11.8 Å². The van der Waals surface area contributed by atoms with E-state index in [0.29, 0.717) is 32.5 Å². The lowest BCUT2D eigenvalue weighted by Crippen LogP contribution is -2.36. The van der Waals surface area contributed by atoms with E-state index in [4.69, 9.17) is 5.73 Å². The van der Waals surface area contributed by atoms with Crippen LogP contribution in [0.3, 0.4) is 0 Å². The molecule has 0 unspecified atom stereocenters. The van der Waals surface area contributed by atoms with Crippen molar-refractivity contribution in [3.8, 4) is 6.07 Å². The molecule has 0 saturated carbocycles. The first kappa shape index (κ1) is 17.5. The molecule has 1 heterocycles. The van der Waals surface area contributed by atoms with E-state index in [1.165, 1.54) is 0 Å².